The molecule has 0 saturated carbocycles. The summed E-state index contributed by atoms with van der Waals surface area (Å²) >= 11 is 0. The fourth-order valence-corrected chi connectivity index (χ4v) is 3.24. The summed E-state index contributed by atoms with van der Waals surface area (Å²) in [5, 5.41) is 9.88. The first-order valence-corrected chi connectivity index (χ1v) is 10.6. The summed E-state index contributed by atoms with van der Waals surface area (Å²) in [6, 6.07) is 30.1. The minimum atomic E-state index is -0.116. The van der Waals surface area contributed by atoms with Gasteiger partial charge in [0.1, 0.15) is 42.8 Å². The van der Waals surface area contributed by atoms with Gasteiger partial charge in [-0.1, -0.05) is 60.7 Å². The number of phenols is 1. The van der Waals surface area contributed by atoms with Crippen molar-refractivity contribution in [1.82, 2.24) is 0 Å². The molecule has 33 heavy (non-hydrogen) atoms. The molecule has 0 aromatic heterocycles. The number of rotatable bonds is 10. The van der Waals surface area contributed by atoms with Crippen LogP contribution in [0, 0.1) is 0 Å². The highest BCUT2D eigenvalue weighted by Gasteiger charge is 2.08. The van der Waals surface area contributed by atoms with Gasteiger partial charge in [-0.05, 0) is 41.0 Å². The number of ether oxygens (including phenoxy) is 3. The van der Waals surface area contributed by atoms with Crippen molar-refractivity contribution in [2.75, 3.05) is 0 Å². The van der Waals surface area contributed by atoms with Gasteiger partial charge in [0.25, 0.3) is 0 Å². The number of carbonyl (C=O) groups is 1. The fourth-order valence-electron chi connectivity index (χ4n) is 3.24. The number of hydrogen-bond donors (Lipinski definition) is 1. The van der Waals surface area contributed by atoms with Gasteiger partial charge < -0.3 is 19.3 Å². The molecule has 0 atom stereocenters. The average molecular weight is 440 g/mol. The van der Waals surface area contributed by atoms with E-state index in [4.69, 9.17) is 14.2 Å². The molecule has 0 saturated heterocycles. The Balaban J connectivity index is 1.49. The van der Waals surface area contributed by atoms with Gasteiger partial charge >= 0.3 is 0 Å². The Morgan fingerprint density at radius 2 is 1.09 bits per heavy atom. The van der Waals surface area contributed by atoms with E-state index in [2.05, 4.69) is 0 Å². The van der Waals surface area contributed by atoms with Crippen molar-refractivity contribution in [3.8, 4) is 23.0 Å². The Bertz CT molecular complexity index is 1130. The van der Waals surface area contributed by atoms with Crippen molar-refractivity contribution in [3.63, 3.8) is 0 Å². The zero-order valence-corrected chi connectivity index (χ0v) is 18.0. The van der Waals surface area contributed by atoms with Gasteiger partial charge in [0.15, 0.2) is 6.29 Å². The van der Waals surface area contributed by atoms with Gasteiger partial charge in [-0.3, -0.25) is 4.79 Å². The van der Waals surface area contributed by atoms with Crippen molar-refractivity contribution in [2.24, 2.45) is 0 Å². The summed E-state index contributed by atoms with van der Waals surface area (Å²) in [4.78, 5) is 10.9. The Kier molecular flexibility index (Phi) is 7.23. The van der Waals surface area contributed by atoms with Gasteiger partial charge in [-0.25, -0.2) is 0 Å². The summed E-state index contributed by atoms with van der Waals surface area (Å²) in [6.45, 7) is 1.11. The number of benzene rings is 4. The molecule has 0 unspecified atom stereocenters. The molecule has 5 nitrogen and oxygen atoms in total. The van der Waals surface area contributed by atoms with Crippen LogP contribution in [0.3, 0.4) is 0 Å². The van der Waals surface area contributed by atoms with E-state index in [1.54, 1.807) is 6.07 Å². The highest BCUT2D eigenvalue weighted by atomic mass is 16.5. The van der Waals surface area contributed by atoms with Crippen LogP contribution in [0.25, 0.3) is 0 Å². The van der Waals surface area contributed by atoms with Crippen molar-refractivity contribution in [2.45, 2.75) is 19.8 Å². The summed E-state index contributed by atoms with van der Waals surface area (Å²) in [7, 11) is 0. The standard InChI is InChI=1S/C28H24O5/c29-17-24-11-12-25(16-28(24)30)31-20-23-13-26(32-18-21-7-3-1-4-8-21)15-27(14-23)33-19-22-9-5-2-6-10-22/h1-17,30H,18-20H2. The van der Waals surface area contributed by atoms with Crippen LogP contribution in [0.5, 0.6) is 23.0 Å². The number of carbonyl (C=O) groups excluding carboxylic acids is 1. The molecule has 0 fully saturated rings. The first kappa shape index (κ1) is 22.0. The molecule has 4 rings (SSSR count). The van der Waals surface area contributed by atoms with Crippen LogP contribution in [-0.4, -0.2) is 11.4 Å². The molecular formula is C28H24O5. The number of phenolic OH excluding ortho intramolecular Hbond substituents is 1. The topological polar surface area (TPSA) is 65.0 Å². The lowest BCUT2D eigenvalue weighted by atomic mass is 10.2. The van der Waals surface area contributed by atoms with Crippen molar-refractivity contribution < 1.29 is 24.1 Å². The highest BCUT2D eigenvalue weighted by molar-refractivity contribution is 5.79. The lowest BCUT2D eigenvalue weighted by Crippen LogP contribution is -2.01. The van der Waals surface area contributed by atoms with E-state index in [0.717, 1.165) is 16.7 Å². The molecule has 0 spiro atoms. The largest absolute Gasteiger partial charge is 0.507 e. The Morgan fingerprint density at radius 3 is 1.61 bits per heavy atom. The molecule has 0 amide bonds. The maximum atomic E-state index is 10.9. The monoisotopic (exact) mass is 440 g/mol. The van der Waals surface area contributed by atoms with Gasteiger partial charge in [0.2, 0.25) is 0 Å². The second-order valence-electron chi connectivity index (χ2n) is 7.49. The quantitative estimate of drug-likeness (QED) is 0.309. The fraction of sp³-hybridized carbons (Fsp3) is 0.107. The summed E-state index contributed by atoms with van der Waals surface area (Å²) < 4.78 is 17.8. The van der Waals surface area contributed by atoms with Crippen molar-refractivity contribution >= 4 is 6.29 Å². The van der Waals surface area contributed by atoms with Crippen LogP contribution in [0.1, 0.15) is 27.0 Å². The van der Waals surface area contributed by atoms with Crippen molar-refractivity contribution in [3.05, 3.63) is 119 Å². The summed E-state index contributed by atoms with van der Waals surface area (Å²) in [6.07, 6.45) is 0.600. The summed E-state index contributed by atoms with van der Waals surface area (Å²) in [5.41, 5.74) is 3.20. The Hall–Kier alpha value is -4.25. The third kappa shape index (κ3) is 6.37. The van der Waals surface area contributed by atoms with E-state index < -0.39 is 0 Å². The van der Waals surface area contributed by atoms with Crippen molar-refractivity contribution in [1.29, 1.82) is 0 Å². The van der Waals surface area contributed by atoms with E-state index in [1.165, 1.54) is 12.1 Å². The lowest BCUT2D eigenvalue weighted by molar-refractivity contribution is 0.112. The molecular weight excluding hydrogens is 416 g/mol. The smallest absolute Gasteiger partial charge is 0.153 e. The molecule has 0 bridgehead atoms. The maximum absolute atomic E-state index is 10.9. The molecule has 1 N–H and O–H groups in total. The van der Waals surface area contributed by atoms with E-state index >= 15 is 0 Å². The normalized spacial score (nSPS) is 10.4. The molecule has 5 heteroatoms. The average Bonchev–Trinajstić information content (AvgIpc) is 2.86. The van der Waals surface area contributed by atoms with Gasteiger partial charge in [0.05, 0.1) is 5.56 Å². The number of aldehydes is 1. The first-order chi connectivity index (χ1) is 16.2. The van der Waals surface area contributed by atoms with Gasteiger partial charge in [-0.2, -0.15) is 0 Å². The molecule has 4 aromatic rings. The maximum Gasteiger partial charge on any atom is 0.153 e. The number of hydrogen-bond acceptors (Lipinski definition) is 5. The van der Waals surface area contributed by atoms with Crippen LogP contribution < -0.4 is 14.2 Å². The van der Waals surface area contributed by atoms with E-state index in [1.807, 2.05) is 78.9 Å². The second kappa shape index (κ2) is 10.9. The minimum absolute atomic E-state index is 0.116. The summed E-state index contributed by atoms with van der Waals surface area (Å²) in [5.74, 6) is 1.68. The predicted octanol–water partition coefficient (Wildman–Crippen LogP) is 5.94. The predicted molar refractivity (Wildman–Crippen MR) is 126 cm³/mol. The van der Waals surface area contributed by atoms with Crippen LogP contribution in [0.2, 0.25) is 0 Å². The molecule has 0 aliphatic carbocycles. The lowest BCUT2D eigenvalue weighted by Gasteiger charge is -2.14. The molecule has 0 aliphatic rings. The zero-order chi connectivity index (χ0) is 22.9. The van der Waals surface area contributed by atoms with Crippen LogP contribution in [-0.2, 0) is 19.8 Å². The van der Waals surface area contributed by atoms with E-state index in [0.29, 0.717) is 36.7 Å². The third-order valence-corrected chi connectivity index (χ3v) is 4.97. The molecule has 0 radical (unpaired) electrons. The molecule has 166 valence electrons. The zero-order valence-electron chi connectivity index (χ0n) is 18.0. The minimum Gasteiger partial charge on any atom is -0.507 e. The van der Waals surface area contributed by atoms with Crippen LogP contribution in [0.4, 0.5) is 0 Å². The second-order valence-corrected chi connectivity index (χ2v) is 7.49. The molecule has 0 heterocycles. The molecule has 4 aromatic carbocycles. The Labute approximate surface area is 192 Å². The SMILES string of the molecule is O=Cc1ccc(OCc2cc(OCc3ccccc3)cc(OCc3ccccc3)c2)cc1O. The Morgan fingerprint density at radius 1 is 0.576 bits per heavy atom. The van der Waals surface area contributed by atoms with E-state index in [9.17, 15) is 9.90 Å². The van der Waals surface area contributed by atoms with E-state index in [-0.39, 0.29) is 17.9 Å². The third-order valence-electron chi connectivity index (χ3n) is 4.97. The van der Waals surface area contributed by atoms with Gasteiger partial charge in [-0.15, -0.1) is 0 Å². The highest BCUT2D eigenvalue weighted by Crippen LogP contribution is 2.27. The van der Waals surface area contributed by atoms with Crippen LogP contribution >= 0.6 is 0 Å². The van der Waals surface area contributed by atoms with Gasteiger partial charge in [0, 0.05) is 12.1 Å². The van der Waals surface area contributed by atoms with Crippen LogP contribution in [0.15, 0.2) is 97.1 Å². The molecule has 0 aliphatic heterocycles. The number of aromatic hydroxyl groups is 1. The first-order valence-electron chi connectivity index (χ1n) is 10.6.